The van der Waals surface area contributed by atoms with Crippen LogP contribution in [0.2, 0.25) is 5.02 Å². The van der Waals surface area contributed by atoms with Gasteiger partial charge in [0.15, 0.2) is 0 Å². The van der Waals surface area contributed by atoms with Gasteiger partial charge in [0.05, 0.1) is 10.7 Å². The van der Waals surface area contributed by atoms with E-state index in [1.54, 1.807) is 13.0 Å². The molecule has 3 rings (SSSR count). The third-order valence-electron chi connectivity index (χ3n) is 3.99. The summed E-state index contributed by atoms with van der Waals surface area (Å²) < 4.78 is 0. The summed E-state index contributed by atoms with van der Waals surface area (Å²) >= 11 is 7.40. The number of hydrogen-bond acceptors (Lipinski definition) is 4. The molecule has 0 unspecified atom stereocenters. The van der Waals surface area contributed by atoms with Gasteiger partial charge in [-0.15, -0.1) is 11.3 Å². The first kappa shape index (κ1) is 19.1. The third kappa shape index (κ3) is 4.53. The van der Waals surface area contributed by atoms with Gasteiger partial charge in [0.2, 0.25) is 0 Å². The maximum absolute atomic E-state index is 12.7. The van der Waals surface area contributed by atoms with Crippen molar-refractivity contribution >= 4 is 34.8 Å². The fourth-order valence-electron chi connectivity index (χ4n) is 2.63. The van der Waals surface area contributed by atoms with Crippen molar-refractivity contribution in [2.24, 2.45) is 0 Å². The van der Waals surface area contributed by atoms with Gasteiger partial charge >= 0.3 is 5.97 Å². The zero-order chi connectivity index (χ0) is 19.4. The smallest absolute Gasteiger partial charge is 0.326 e. The molecule has 5 nitrogen and oxygen atoms in total. The Labute approximate surface area is 165 Å². The summed E-state index contributed by atoms with van der Waals surface area (Å²) in [5.74, 6) is -1.53. The van der Waals surface area contributed by atoms with Crippen LogP contribution in [0.3, 0.4) is 0 Å². The van der Waals surface area contributed by atoms with Crippen LogP contribution in [0.25, 0.3) is 10.6 Å². The van der Waals surface area contributed by atoms with Crippen molar-refractivity contribution < 1.29 is 14.7 Å². The first-order valence-corrected chi connectivity index (χ1v) is 9.45. The van der Waals surface area contributed by atoms with Gasteiger partial charge in [-0.2, -0.15) is 0 Å². The molecule has 0 saturated carbocycles. The number of amides is 1. The highest BCUT2D eigenvalue weighted by Crippen LogP contribution is 2.32. The van der Waals surface area contributed by atoms with Gasteiger partial charge < -0.3 is 10.4 Å². The number of hydrogen-bond donors (Lipinski definition) is 2. The van der Waals surface area contributed by atoms with Crippen LogP contribution in [0.15, 0.2) is 54.6 Å². The first-order valence-electron chi connectivity index (χ1n) is 8.25. The number of halogens is 1. The third-order valence-corrected chi connectivity index (χ3v) is 5.51. The van der Waals surface area contributed by atoms with Gasteiger partial charge in [0, 0.05) is 12.0 Å². The van der Waals surface area contributed by atoms with Crippen LogP contribution in [0.4, 0.5) is 0 Å². The predicted molar refractivity (Wildman–Crippen MR) is 106 cm³/mol. The maximum atomic E-state index is 12.7. The Balaban J connectivity index is 1.81. The zero-order valence-electron chi connectivity index (χ0n) is 14.5. The van der Waals surface area contributed by atoms with Crippen LogP contribution in [0, 0.1) is 6.92 Å². The van der Waals surface area contributed by atoms with Crippen molar-refractivity contribution in [1.29, 1.82) is 0 Å². The molecule has 27 heavy (non-hydrogen) atoms. The van der Waals surface area contributed by atoms with Crippen LogP contribution >= 0.6 is 22.9 Å². The second-order valence-electron chi connectivity index (χ2n) is 5.97. The molecule has 0 saturated heterocycles. The van der Waals surface area contributed by atoms with Gasteiger partial charge in [0.25, 0.3) is 5.91 Å². The molecular formula is C20H17ClN2O3S. The number of carbonyl (C=O) groups is 2. The molecule has 0 radical (unpaired) electrons. The Morgan fingerprint density at radius 2 is 1.81 bits per heavy atom. The van der Waals surface area contributed by atoms with E-state index in [0.717, 1.165) is 11.1 Å². The fourth-order valence-corrected chi connectivity index (χ4v) is 3.92. The number of carboxylic acid groups (broad SMARTS) is 1. The fraction of sp³-hybridized carbons (Fsp3) is 0.150. The number of aliphatic carboxylic acids is 1. The molecule has 1 amide bonds. The zero-order valence-corrected chi connectivity index (χ0v) is 16.1. The van der Waals surface area contributed by atoms with E-state index in [2.05, 4.69) is 10.3 Å². The summed E-state index contributed by atoms with van der Waals surface area (Å²) in [6.07, 6.45) is 0.205. The normalized spacial score (nSPS) is 11.8. The lowest BCUT2D eigenvalue weighted by Crippen LogP contribution is -2.42. The number of aryl methyl sites for hydroxylation is 1. The van der Waals surface area contributed by atoms with Gasteiger partial charge in [-0.05, 0) is 18.6 Å². The minimum Gasteiger partial charge on any atom is -0.480 e. The van der Waals surface area contributed by atoms with E-state index >= 15 is 0 Å². The molecule has 0 bridgehead atoms. The molecule has 1 aromatic heterocycles. The number of rotatable bonds is 6. The number of carbonyl (C=O) groups excluding carboxylic acids is 1. The summed E-state index contributed by atoms with van der Waals surface area (Å²) in [6, 6.07) is 15.4. The van der Waals surface area contributed by atoms with Crippen molar-refractivity contribution in [1.82, 2.24) is 10.3 Å². The largest absolute Gasteiger partial charge is 0.480 e. The van der Waals surface area contributed by atoms with Crippen LogP contribution in [-0.4, -0.2) is 28.0 Å². The number of aromatic nitrogens is 1. The van der Waals surface area contributed by atoms with Crippen LogP contribution in [0.1, 0.15) is 20.9 Å². The first-order chi connectivity index (χ1) is 13.0. The van der Waals surface area contributed by atoms with Crippen molar-refractivity contribution in [3.63, 3.8) is 0 Å². The lowest BCUT2D eigenvalue weighted by Gasteiger charge is -2.14. The summed E-state index contributed by atoms with van der Waals surface area (Å²) in [7, 11) is 0. The Morgan fingerprint density at radius 1 is 1.15 bits per heavy atom. The van der Waals surface area contributed by atoms with E-state index in [1.165, 1.54) is 11.3 Å². The highest BCUT2D eigenvalue weighted by atomic mass is 35.5. The van der Waals surface area contributed by atoms with Gasteiger partial charge in [0.1, 0.15) is 15.9 Å². The minimum absolute atomic E-state index is 0.205. The number of carboxylic acids is 1. The molecule has 1 heterocycles. The SMILES string of the molecule is Cc1nc(-c2ccccc2Cl)sc1C(=O)N[C@H](Cc1ccccc1)C(=O)O. The maximum Gasteiger partial charge on any atom is 0.326 e. The molecule has 3 aromatic rings. The highest BCUT2D eigenvalue weighted by Gasteiger charge is 2.24. The molecule has 0 spiro atoms. The Bertz CT molecular complexity index is 972. The molecule has 0 aliphatic heterocycles. The van der Waals surface area contributed by atoms with Crippen molar-refractivity contribution in [2.45, 2.75) is 19.4 Å². The molecule has 2 aromatic carbocycles. The second kappa shape index (κ2) is 8.33. The van der Waals surface area contributed by atoms with E-state index < -0.39 is 17.9 Å². The van der Waals surface area contributed by atoms with E-state index in [0.29, 0.717) is 20.6 Å². The molecular weight excluding hydrogens is 384 g/mol. The topological polar surface area (TPSA) is 79.3 Å². The Kier molecular flexibility index (Phi) is 5.88. The quantitative estimate of drug-likeness (QED) is 0.650. The monoisotopic (exact) mass is 400 g/mol. The molecule has 2 N–H and O–H groups in total. The number of nitrogens with zero attached hydrogens (tertiary/aromatic N) is 1. The summed E-state index contributed by atoms with van der Waals surface area (Å²) in [6.45, 7) is 1.72. The standard InChI is InChI=1S/C20H17ClN2O3S/c1-12-17(27-19(22-12)14-9-5-6-10-15(14)21)18(24)23-16(20(25)26)11-13-7-3-2-4-8-13/h2-10,16H,11H2,1H3,(H,23,24)(H,25,26)/t16-/m1/s1. The van der Waals surface area contributed by atoms with Crippen LogP contribution in [-0.2, 0) is 11.2 Å². The molecule has 0 aliphatic rings. The lowest BCUT2D eigenvalue weighted by molar-refractivity contribution is -0.139. The van der Waals surface area contributed by atoms with Gasteiger partial charge in [-0.3, -0.25) is 4.79 Å². The Hall–Kier alpha value is -2.70. The second-order valence-corrected chi connectivity index (χ2v) is 7.37. The molecule has 0 aliphatic carbocycles. The summed E-state index contributed by atoms with van der Waals surface area (Å²) in [5.41, 5.74) is 2.12. The molecule has 138 valence electrons. The number of thiazole rings is 1. The van der Waals surface area contributed by atoms with Crippen molar-refractivity contribution in [3.8, 4) is 10.6 Å². The van der Waals surface area contributed by atoms with E-state index in [9.17, 15) is 14.7 Å². The van der Waals surface area contributed by atoms with Crippen LogP contribution in [0.5, 0.6) is 0 Å². The Morgan fingerprint density at radius 3 is 2.48 bits per heavy atom. The van der Waals surface area contributed by atoms with Crippen molar-refractivity contribution in [3.05, 3.63) is 75.8 Å². The molecule has 7 heteroatoms. The average molecular weight is 401 g/mol. The predicted octanol–water partition coefficient (Wildman–Crippen LogP) is 4.20. The summed E-state index contributed by atoms with van der Waals surface area (Å²) in [4.78, 5) is 29.0. The highest BCUT2D eigenvalue weighted by molar-refractivity contribution is 7.17. The van der Waals surface area contributed by atoms with Crippen molar-refractivity contribution in [2.75, 3.05) is 0 Å². The minimum atomic E-state index is -1.08. The summed E-state index contributed by atoms with van der Waals surface area (Å²) in [5, 5.41) is 13.2. The van der Waals surface area contributed by atoms with Crippen LogP contribution < -0.4 is 5.32 Å². The van der Waals surface area contributed by atoms with E-state index in [1.807, 2.05) is 48.5 Å². The van der Waals surface area contributed by atoms with E-state index in [4.69, 9.17) is 11.6 Å². The average Bonchev–Trinajstić information content (AvgIpc) is 3.04. The van der Waals surface area contributed by atoms with E-state index in [-0.39, 0.29) is 6.42 Å². The number of benzene rings is 2. The lowest BCUT2D eigenvalue weighted by atomic mass is 10.1. The molecule has 0 fully saturated rings. The number of nitrogens with one attached hydrogen (secondary N) is 1. The molecule has 1 atom stereocenters. The van der Waals surface area contributed by atoms with Gasteiger partial charge in [-0.1, -0.05) is 60.1 Å². The van der Waals surface area contributed by atoms with Gasteiger partial charge in [-0.25, -0.2) is 9.78 Å².